The van der Waals surface area contributed by atoms with E-state index in [2.05, 4.69) is 20.1 Å². The van der Waals surface area contributed by atoms with E-state index < -0.39 is 0 Å². The van der Waals surface area contributed by atoms with E-state index in [1.54, 1.807) is 11.3 Å². The van der Waals surface area contributed by atoms with Crippen molar-refractivity contribution in [1.29, 1.82) is 0 Å². The lowest BCUT2D eigenvalue weighted by Crippen LogP contribution is -2.06. The second kappa shape index (κ2) is 2.64. The molecule has 0 saturated heterocycles. The van der Waals surface area contributed by atoms with E-state index in [0.717, 1.165) is 6.54 Å². The first-order valence-electron chi connectivity index (χ1n) is 3.45. The van der Waals surface area contributed by atoms with Gasteiger partial charge in [0.05, 0.1) is 6.20 Å². The maximum Gasteiger partial charge on any atom is 0.119 e. The predicted octanol–water partition coefficient (Wildman–Crippen LogP) is 1.12. The summed E-state index contributed by atoms with van der Waals surface area (Å²) in [7, 11) is 1.94. The van der Waals surface area contributed by atoms with Crippen LogP contribution in [0.5, 0.6) is 0 Å². The molecule has 11 heavy (non-hydrogen) atoms. The molecule has 0 bridgehead atoms. The SMILES string of the molecule is CNCc1csc2cncn12. The lowest BCUT2D eigenvalue weighted by Gasteiger charge is -1.94. The Balaban J connectivity index is 2.51. The molecule has 0 amide bonds. The van der Waals surface area contributed by atoms with Crippen LogP contribution in [0.25, 0.3) is 4.83 Å². The van der Waals surface area contributed by atoms with Crippen molar-refractivity contribution in [3.63, 3.8) is 0 Å². The quantitative estimate of drug-likeness (QED) is 0.726. The summed E-state index contributed by atoms with van der Waals surface area (Å²) in [6.45, 7) is 0.899. The van der Waals surface area contributed by atoms with Gasteiger partial charge in [-0.05, 0) is 7.05 Å². The Kier molecular flexibility index (Phi) is 1.63. The third-order valence-corrected chi connectivity index (χ3v) is 2.52. The van der Waals surface area contributed by atoms with Crippen LogP contribution < -0.4 is 5.32 Å². The first kappa shape index (κ1) is 6.82. The van der Waals surface area contributed by atoms with E-state index in [4.69, 9.17) is 0 Å². The molecule has 0 atom stereocenters. The molecule has 58 valence electrons. The molecule has 2 heterocycles. The molecule has 0 fully saturated rings. The lowest BCUT2D eigenvalue weighted by atomic mass is 10.5. The van der Waals surface area contributed by atoms with E-state index in [1.807, 2.05) is 19.6 Å². The maximum absolute atomic E-state index is 4.05. The Bertz CT molecular complexity index is 349. The number of nitrogens with one attached hydrogen (secondary N) is 1. The fourth-order valence-electron chi connectivity index (χ4n) is 1.08. The molecule has 2 rings (SSSR count). The van der Waals surface area contributed by atoms with Crippen molar-refractivity contribution in [3.8, 4) is 0 Å². The average Bonchev–Trinajstić information content (AvgIpc) is 2.53. The summed E-state index contributed by atoms with van der Waals surface area (Å²) >= 11 is 1.72. The molecule has 2 aromatic rings. The third-order valence-electron chi connectivity index (χ3n) is 1.59. The van der Waals surface area contributed by atoms with Gasteiger partial charge in [-0.2, -0.15) is 0 Å². The number of fused-ring (bicyclic) bond motifs is 1. The van der Waals surface area contributed by atoms with E-state index >= 15 is 0 Å². The van der Waals surface area contributed by atoms with Crippen LogP contribution in [-0.4, -0.2) is 16.4 Å². The third kappa shape index (κ3) is 1.04. The molecule has 1 N–H and O–H groups in total. The number of rotatable bonds is 2. The Morgan fingerprint density at radius 2 is 2.64 bits per heavy atom. The minimum atomic E-state index is 0.899. The van der Waals surface area contributed by atoms with E-state index in [1.165, 1.54) is 10.5 Å². The standard InChI is InChI=1S/C7H9N3S/c1-8-2-6-4-11-7-3-9-5-10(6)7/h3-5,8H,2H2,1H3. The van der Waals surface area contributed by atoms with Gasteiger partial charge in [0.25, 0.3) is 0 Å². The number of hydrogen-bond donors (Lipinski definition) is 1. The van der Waals surface area contributed by atoms with Crippen molar-refractivity contribution in [3.05, 3.63) is 23.6 Å². The van der Waals surface area contributed by atoms with Gasteiger partial charge in [0, 0.05) is 17.6 Å². The van der Waals surface area contributed by atoms with Crippen molar-refractivity contribution in [2.75, 3.05) is 7.05 Å². The Morgan fingerprint density at radius 1 is 1.73 bits per heavy atom. The van der Waals surface area contributed by atoms with Crippen LogP contribution in [0.2, 0.25) is 0 Å². The first-order valence-corrected chi connectivity index (χ1v) is 4.33. The monoisotopic (exact) mass is 167 g/mol. The summed E-state index contributed by atoms with van der Waals surface area (Å²) in [5.74, 6) is 0. The highest BCUT2D eigenvalue weighted by Gasteiger charge is 2.00. The zero-order chi connectivity index (χ0) is 7.68. The number of aromatic nitrogens is 2. The lowest BCUT2D eigenvalue weighted by molar-refractivity contribution is 0.782. The van der Waals surface area contributed by atoms with Gasteiger partial charge < -0.3 is 5.32 Å². The van der Waals surface area contributed by atoms with Crippen LogP contribution in [-0.2, 0) is 6.54 Å². The molecule has 0 radical (unpaired) electrons. The topological polar surface area (TPSA) is 29.3 Å². The second-order valence-electron chi connectivity index (χ2n) is 2.36. The molecule has 0 spiro atoms. The number of imidazole rings is 1. The molecule has 0 aliphatic heterocycles. The molecule has 0 saturated carbocycles. The minimum Gasteiger partial charge on any atom is -0.314 e. The van der Waals surface area contributed by atoms with Crippen molar-refractivity contribution in [1.82, 2.24) is 14.7 Å². The predicted molar refractivity (Wildman–Crippen MR) is 45.8 cm³/mol. The normalized spacial score (nSPS) is 11.0. The number of hydrogen-bond acceptors (Lipinski definition) is 3. The van der Waals surface area contributed by atoms with E-state index in [-0.39, 0.29) is 0 Å². The van der Waals surface area contributed by atoms with Gasteiger partial charge in [-0.15, -0.1) is 11.3 Å². The molecule has 0 aliphatic rings. The summed E-state index contributed by atoms with van der Waals surface area (Å²) in [6, 6.07) is 0. The van der Waals surface area contributed by atoms with Crippen LogP contribution >= 0.6 is 11.3 Å². The van der Waals surface area contributed by atoms with Gasteiger partial charge in [0.15, 0.2) is 0 Å². The molecule has 0 aliphatic carbocycles. The molecule has 3 nitrogen and oxygen atoms in total. The fraction of sp³-hybridized carbons (Fsp3) is 0.286. The van der Waals surface area contributed by atoms with Gasteiger partial charge in [0.2, 0.25) is 0 Å². The van der Waals surface area contributed by atoms with Crippen LogP contribution in [0.4, 0.5) is 0 Å². The Morgan fingerprint density at radius 3 is 3.45 bits per heavy atom. The summed E-state index contributed by atoms with van der Waals surface area (Å²) in [4.78, 5) is 5.25. The largest absolute Gasteiger partial charge is 0.314 e. The van der Waals surface area contributed by atoms with Crippen molar-refractivity contribution >= 4 is 16.2 Å². The summed E-state index contributed by atoms with van der Waals surface area (Å²) in [6.07, 6.45) is 3.72. The van der Waals surface area contributed by atoms with Crippen LogP contribution in [0.1, 0.15) is 5.69 Å². The van der Waals surface area contributed by atoms with Crippen LogP contribution in [0.3, 0.4) is 0 Å². The number of nitrogens with zero attached hydrogens (tertiary/aromatic N) is 2. The fourth-order valence-corrected chi connectivity index (χ4v) is 1.93. The Labute approximate surface area is 68.7 Å². The van der Waals surface area contributed by atoms with Crippen molar-refractivity contribution in [2.45, 2.75) is 6.54 Å². The van der Waals surface area contributed by atoms with E-state index in [0.29, 0.717) is 0 Å². The van der Waals surface area contributed by atoms with Gasteiger partial charge in [-0.3, -0.25) is 4.40 Å². The van der Waals surface area contributed by atoms with Crippen molar-refractivity contribution < 1.29 is 0 Å². The minimum absolute atomic E-state index is 0.899. The Hall–Kier alpha value is -0.870. The highest BCUT2D eigenvalue weighted by atomic mass is 32.1. The van der Waals surface area contributed by atoms with Gasteiger partial charge >= 0.3 is 0 Å². The molecular formula is C7H9N3S. The van der Waals surface area contributed by atoms with Crippen LogP contribution in [0, 0.1) is 0 Å². The average molecular weight is 167 g/mol. The molecule has 0 aromatic carbocycles. The molecular weight excluding hydrogens is 158 g/mol. The van der Waals surface area contributed by atoms with Crippen molar-refractivity contribution in [2.24, 2.45) is 0 Å². The number of thiazole rings is 1. The van der Waals surface area contributed by atoms with Crippen LogP contribution in [0.15, 0.2) is 17.9 Å². The summed E-state index contributed by atoms with van der Waals surface area (Å²) in [5.41, 5.74) is 1.27. The summed E-state index contributed by atoms with van der Waals surface area (Å²) < 4.78 is 2.10. The summed E-state index contributed by atoms with van der Waals surface area (Å²) in [5, 5.41) is 5.26. The molecule has 0 unspecified atom stereocenters. The molecule has 4 heteroatoms. The second-order valence-corrected chi connectivity index (χ2v) is 3.25. The highest BCUT2D eigenvalue weighted by Crippen LogP contribution is 2.14. The maximum atomic E-state index is 4.05. The highest BCUT2D eigenvalue weighted by molar-refractivity contribution is 7.15. The molecule has 2 aromatic heterocycles. The van der Waals surface area contributed by atoms with Gasteiger partial charge in [0.1, 0.15) is 11.2 Å². The van der Waals surface area contributed by atoms with Gasteiger partial charge in [-0.25, -0.2) is 4.98 Å². The smallest absolute Gasteiger partial charge is 0.119 e. The zero-order valence-corrected chi connectivity index (χ0v) is 7.06. The zero-order valence-electron chi connectivity index (χ0n) is 6.24. The van der Waals surface area contributed by atoms with Gasteiger partial charge in [-0.1, -0.05) is 0 Å². The van der Waals surface area contributed by atoms with E-state index in [9.17, 15) is 0 Å². The first-order chi connectivity index (χ1) is 5.42.